The second-order valence-electron chi connectivity index (χ2n) is 6.56. The first kappa shape index (κ1) is 16.0. The van der Waals surface area contributed by atoms with Gasteiger partial charge in [-0.25, -0.2) is 0 Å². The summed E-state index contributed by atoms with van der Waals surface area (Å²) in [7, 11) is 0. The molecule has 0 bridgehead atoms. The summed E-state index contributed by atoms with van der Waals surface area (Å²) in [5, 5.41) is 5.83. The predicted octanol–water partition coefficient (Wildman–Crippen LogP) is 1.54. The maximum atomic E-state index is 11.8. The molecule has 0 unspecified atom stereocenters. The third kappa shape index (κ3) is 6.09. The lowest BCUT2D eigenvalue weighted by molar-refractivity contribution is -0.139. The number of thioether (sulfide) groups is 1. The average Bonchev–Trinajstić information content (AvgIpc) is 2.65. The van der Waals surface area contributed by atoms with Crippen LogP contribution in [0.15, 0.2) is 4.99 Å². The predicted molar refractivity (Wildman–Crippen MR) is 79.2 cm³/mol. The summed E-state index contributed by atoms with van der Waals surface area (Å²) in [5.41, 5.74) is -0.337. The Kier molecular flexibility index (Phi) is 5.01. The molecule has 1 rings (SSSR count). The van der Waals surface area contributed by atoms with Crippen molar-refractivity contribution in [3.63, 3.8) is 0 Å². The number of nitrogens with zero attached hydrogens (tertiary/aromatic N) is 1. The number of carbonyl (C=O) groups is 2. The van der Waals surface area contributed by atoms with Crippen molar-refractivity contribution in [1.29, 1.82) is 0 Å². The maximum Gasteiger partial charge on any atom is 0.315 e. The van der Waals surface area contributed by atoms with Gasteiger partial charge in [0.25, 0.3) is 0 Å². The first-order valence-corrected chi connectivity index (χ1v) is 7.38. The molecule has 5 nitrogen and oxygen atoms in total. The van der Waals surface area contributed by atoms with Crippen molar-refractivity contribution in [2.75, 3.05) is 12.3 Å². The maximum absolute atomic E-state index is 11.8. The van der Waals surface area contributed by atoms with Gasteiger partial charge >= 0.3 is 11.8 Å². The lowest BCUT2D eigenvalue weighted by atomic mass is 9.82. The summed E-state index contributed by atoms with van der Waals surface area (Å²) in [4.78, 5) is 27.7. The fraction of sp³-hybridized carbons (Fsp3) is 0.769. The van der Waals surface area contributed by atoms with Gasteiger partial charge in [0.05, 0.1) is 6.54 Å². The van der Waals surface area contributed by atoms with E-state index in [0.29, 0.717) is 11.7 Å². The zero-order valence-electron chi connectivity index (χ0n) is 12.3. The summed E-state index contributed by atoms with van der Waals surface area (Å²) in [6.45, 7) is 10.8. The molecule has 1 aliphatic rings. The molecule has 1 heterocycles. The van der Waals surface area contributed by atoms with Crippen LogP contribution in [0.1, 0.15) is 41.0 Å². The number of amidine groups is 1. The van der Waals surface area contributed by atoms with E-state index in [2.05, 4.69) is 36.4 Å². The van der Waals surface area contributed by atoms with E-state index in [1.54, 1.807) is 0 Å². The van der Waals surface area contributed by atoms with Gasteiger partial charge < -0.3 is 5.32 Å². The Morgan fingerprint density at radius 1 is 1.21 bits per heavy atom. The first-order valence-electron chi connectivity index (χ1n) is 6.40. The highest BCUT2D eigenvalue weighted by atomic mass is 32.2. The van der Waals surface area contributed by atoms with Gasteiger partial charge in [0.15, 0.2) is 5.17 Å². The Hall–Kier alpha value is -1.04. The quantitative estimate of drug-likeness (QED) is 0.756. The minimum Gasteiger partial charge on any atom is -0.343 e. The van der Waals surface area contributed by atoms with E-state index in [1.807, 2.05) is 13.8 Å². The topological polar surface area (TPSA) is 70.6 Å². The van der Waals surface area contributed by atoms with E-state index < -0.39 is 17.4 Å². The van der Waals surface area contributed by atoms with Gasteiger partial charge in [0, 0.05) is 11.3 Å². The Morgan fingerprint density at radius 2 is 1.84 bits per heavy atom. The van der Waals surface area contributed by atoms with E-state index >= 15 is 0 Å². The second kappa shape index (κ2) is 5.94. The zero-order chi connectivity index (χ0) is 14.7. The van der Waals surface area contributed by atoms with Crippen molar-refractivity contribution in [2.24, 2.45) is 10.4 Å². The van der Waals surface area contributed by atoms with E-state index in [1.165, 1.54) is 11.8 Å². The molecule has 0 atom stereocenters. The largest absolute Gasteiger partial charge is 0.343 e. The lowest BCUT2D eigenvalue weighted by Gasteiger charge is -2.33. The lowest BCUT2D eigenvalue weighted by Crippen LogP contribution is -2.51. The summed E-state index contributed by atoms with van der Waals surface area (Å²) in [5.74, 6) is -0.396. The SMILES string of the molecule is CC(C)(C)CC(C)(C)NC(=O)C(=O)NC1=NCCS1. The minimum absolute atomic E-state index is 0.0820. The molecule has 19 heavy (non-hydrogen) atoms. The van der Waals surface area contributed by atoms with E-state index in [9.17, 15) is 9.59 Å². The van der Waals surface area contributed by atoms with Crippen LogP contribution in [0.2, 0.25) is 0 Å². The molecule has 108 valence electrons. The van der Waals surface area contributed by atoms with Crippen molar-refractivity contribution in [1.82, 2.24) is 10.6 Å². The van der Waals surface area contributed by atoms with Gasteiger partial charge in [-0.2, -0.15) is 0 Å². The molecule has 2 N–H and O–H groups in total. The highest BCUT2D eigenvalue weighted by Gasteiger charge is 2.29. The van der Waals surface area contributed by atoms with Gasteiger partial charge in [0.1, 0.15) is 0 Å². The fourth-order valence-corrected chi connectivity index (χ4v) is 3.02. The third-order valence-corrected chi connectivity index (χ3v) is 3.33. The van der Waals surface area contributed by atoms with Gasteiger partial charge in [0.2, 0.25) is 0 Å². The minimum atomic E-state index is -0.643. The zero-order valence-corrected chi connectivity index (χ0v) is 13.1. The van der Waals surface area contributed by atoms with E-state index in [-0.39, 0.29) is 5.41 Å². The number of hydrogen-bond donors (Lipinski definition) is 2. The second-order valence-corrected chi connectivity index (χ2v) is 7.65. The number of hydrogen-bond acceptors (Lipinski definition) is 4. The van der Waals surface area contributed by atoms with Crippen LogP contribution in [0.5, 0.6) is 0 Å². The highest BCUT2D eigenvalue weighted by Crippen LogP contribution is 2.26. The molecule has 1 aliphatic heterocycles. The molecule has 0 aliphatic carbocycles. The summed E-state index contributed by atoms with van der Waals surface area (Å²) < 4.78 is 0. The summed E-state index contributed by atoms with van der Waals surface area (Å²) in [6.07, 6.45) is 0.786. The van der Waals surface area contributed by atoms with Crippen molar-refractivity contribution in [3.05, 3.63) is 0 Å². The van der Waals surface area contributed by atoms with Gasteiger partial charge in [-0.05, 0) is 25.7 Å². The van der Waals surface area contributed by atoms with Crippen LogP contribution in [0.25, 0.3) is 0 Å². The van der Waals surface area contributed by atoms with Crippen molar-refractivity contribution in [3.8, 4) is 0 Å². The number of amides is 2. The standard InChI is InChI=1S/C13H23N3O2S/c1-12(2,3)8-13(4,5)16-10(18)9(17)15-11-14-6-7-19-11/h6-8H2,1-5H3,(H,16,18)(H,14,15,17). The molecule has 0 aromatic carbocycles. The number of aliphatic imine (C=N–C) groups is 1. The molecule has 2 amide bonds. The Labute approximate surface area is 119 Å². The number of rotatable bonds is 2. The van der Waals surface area contributed by atoms with Gasteiger partial charge in [-0.1, -0.05) is 32.5 Å². The Balaban J connectivity index is 2.51. The molecule has 0 aromatic rings. The van der Waals surface area contributed by atoms with Gasteiger partial charge in [-0.3, -0.25) is 19.9 Å². The van der Waals surface area contributed by atoms with E-state index in [0.717, 1.165) is 12.2 Å². The van der Waals surface area contributed by atoms with Crippen LogP contribution in [-0.4, -0.2) is 34.8 Å². The molecule has 0 spiro atoms. The smallest absolute Gasteiger partial charge is 0.315 e. The summed E-state index contributed by atoms with van der Waals surface area (Å²) in [6, 6.07) is 0. The van der Waals surface area contributed by atoms with Crippen molar-refractivity contribution in [2.45, 2.75) is 46.6 Å². The molecule has 0 aromatic heterocycles. The molecule has 0 fully saturated rings. The Bertz CT molecular complexity index is 397. The molecular weight excluding hydrogens is 262 g/mol. The monoisotopic (exact) mass is 285 g/mol. The van der Waals surface area contributed by atoms with Crippen LogP contribution in [0.4, 0.5) is 0 Å². The number of carbonyl (C=O) groups excluding carboxylic acids is 2. The van der Waals surface area contributed by atoms with Crippen LogP contribution in [-0.2, 0) is 9.59 Å². The van der Waals surface area contributed by atoms with Crippen LogP contribution >= 0.6 is 11.8 Å². The summed E-state index contributed by atoms with van der Waals surface area (Å²) >= 11 is 1.45. The Morgan fingerprint density at radius 3 is 2.32 bits per heavy atom. The van der Waals surface area contributed by atoms with Crippen molar-refractivity contribution >= 4 is 28.7 Å². The van der Waals surface area contributed by atoms with E-state index in [4.69, 9.17) is 0 Å². The molecular formula is C13H23N3O2S. The molecule has 6 heteroatoms. The third-order valence-electron chi connectivity index (χ3n) is 2.44. The van der Waals surface area contributed by atoms with Crippen LogP contribution in [0, 0.1) is 5.41 Å². The highest BCUT2D eigenvalue weighted by molar-refractivity contribution is 8.14. The van der Waals surface area contributed by atoms with Crippen LogP contribution in [0.3, 0.4) is 0 Å². The van der Waals surface area contributed by atoms with Crippen LogP contribution < -0.4 is 10.6 Å². The normalized spacial score (nSPS) is 15.9. The van der Waals surface area contributed by atoms with Gasteiger partial charge in [-0.15, -0.1) is 0 Å². The van der Waals surface area contributed by atoms with Crippen molar-refractivity contribution < 1.29 is 9.59 Å². The first-order chi connectivity index (χ1) is 8.59. The molecule has 0 radical (unpaired) electrons. The molecule has 0 saturated carbocycles. The average molecular weight is 285 g/mol. The molecule has 0 saturated heterocycles. The fourth-order valence-electron chi connectivity index (χ4n) is 2.30. The number of nitrogens with one attached hydrogen (secondary N) is 2.